The molecule has 178 valence electrons. The number of nitrogens with one attached hydrogen (secondary N) is 2. The second-order valence-corrected chi connectivity index (χ2v) is 10.7. The molecule has 1 aliphatic carbocycles. The molecule has 4 rings (SSSR count). The first kappa shape index (κ1) is 24.0. The molecular formula is C23H32Cl2F2N4O. The summed E-state index contributed by atoms with van der Waals surface area (Å²) in [5, 5.41) is 7.56. The lowest BCUT2D eigenvalue weighted by atomic mass is 9.59. The Morgan fingerprint density at radius 3 is 2.41 bits per heavy atom. The normalized spacial score (nSPS) is 30.3. The Morgan fingerprint density at radius 1 is 1.19 bits per heavy atom. The predicted octanol–water partition coefficient (Wildman–Crippen LogP) is 4.72. The van der Waals surface area contributed by atoms with Gasteiger partial charge in [-0.05, 0) is 49.7 Å². The Hall–Kier alpha value is -1.15. The minimum absolute atomic E-state index is 0.00750. The number of benzene rings is 1. The molecule has 1 saturated carbocycles. The summed E-state index contributed by atoms with van der Waals surface area (Å²) < 4.78 is 26.2. The average molecular weight is 489 g/mol. The Kier molecular flexibility index (Phi) is 6.67. The van der Waals surface area contributed by atoms with Crippen LogP contribution in [0.5, 0.6) is 0 Å². The van der Waals surface area contributed by atoms with Crippen LogP contribution in [0.3, 0.4) is 0 Å². The highest BCUT2D eigenvalue weighted by atomic mass is 35.5. The zero-order valence-electron chi connectivity index (χ0n) is 18.7. The molecule has 2 saturated heterocycles. The molecular weight excluding hydrogens is 457 g/mol. The van der Waals surface area contributed by atoms with Crippen LogP contribution in [0.4, 0.5) is 13.6 Å². The fourth-order valence-electron chi connectivity index (χ4n) is 5.68. The van der Waals surface area contributed by atoms with Gasteiger partial charge in [0.05, 0.1) is 28.7 Å². The van der Waals surface area contributed by atoms with Crippen LogP contribution in [0.25, 0.3) is 0 Å². The number of hydrogen-bond donors (Lipinski definition) is 2. The van der Waals surface area contributed by atoms with Crippen molar-refractivity contribution in [3.63, 3.8) is 0 Å². The molecule has 5 nitrogen and oxygen atoms in total. The van der Waals surface area contributed by atoms with Gasteiger partial charge in [-0.25, -0.2) is 13.6 Å². The molecule has 1 aromatic rings. The Morgan fingerprint density at radius 2 is 1.81 bits per heavy atom. The molecule has 1 aromatic carbocycles. The summed E-state index contributed by atoms with van der Waals surface area (Å²) in [6, 6.07) is 5.47. The van der Waals surface area contributed by atoms with Gasteiger partial charge in [-0.15, -0.1) is 0 Å². The van der Waals surface area contributed by atoms with E-state index >= 15 is 0 Å². The summed E-state index contributed by atoms with van der Waals surface area (Å²) in [4.78, 5) is 16.0. The first-order chi connectivity index (χ1) is 15.1. The molecule has 0 bridgehead atoms. The monoisotopic (exact) mass is 488 g/mol. The minimum atomic E-state index is -2.75. The van der Waals surface area contributed by atoms with Crippen LogP contribution in [0.1, 0.15) is 45.1 Å². The third-order valence-electron chi connectivity index (χ3n) is 7.95. The van der Waals surface area contributed by atoms with Gasteiger partial charge in [0, 0.05) is 32.2 Å². The van der Waals surface area contributed by atoms with Crippen LogP contribution in [0.2, 0.25) is 10.0 Å². The smallest absolute Gasteiger partial charge is 0.318 e. The van der Waals surface area contributed by atoms with Crippen molar-refractivity contribution in [3.8, 4) is 0 Å². The van der Waals surface area contributed by atoms with Crippen molar-refractivity contribution in [2.24, 2.45) is 5.41 Å². The molecule has 0 radical (unpaired) electrons. The summed E-state index contributed by atoms with van der Waals surface area (Å²) in [7, 11) is 0. The van der Waals surface area contributed by atoms with Crippen LogP contribution in [-0.2, 0) is 5.54 Å². The van der Waals surface area contributed by atoms with Crippen molar-refractivity contribution in [2.45, 2.75) is 57.0 Å². The van der Waals surface area contributed by atoms with E-state index in [2.05, 4.69) is 35.4 Å². The van der Waals surface area contributed by atoms with E-state index in [1.54, 1.807) is 0 Å². The van der Waals surface area contributed by atoms with Crippen molar-refractivity contribution < 1.29 is 13.6 Å². The van der Waals surface area contributed by atoms with Gasteiger partial charge in [-0.2, -0.15) is 0 Å². The van der Waals surface area contributed by atoms with Crippen LogP contribution in [0.15, 0.2) is 18.2 Å². The largest absolute Gasteiger partial charge is 0.335 e. The van der Waals surface area contributed by atoms with Gasteiger partial charge < -0.3 is 15.5 Å². The average Bonchev–Trinajstić information content (AvgIpc) is 2.75. The molecule has 2 aliphatic heterocycles. The number of nitrogens with zero attached hydrogens (tertiary/aromatic N) is 2. The van der Waals surface area contributed by atoms with E-state index in [1.165, 1.54) is 4.90 Å². The van der Waals surface area contributed by atoms with Gasteiger partial charge in [-0.3, -0.25) is 4.90 Å². The van der Waals surface area contributed by atoms with E-state index < -0.39 is 19.0 Å². The van der Waals surface area contributed by atoms with Gasteiger partial charge >= 0.3 is 6.03 Å². The maximum atomic E-state index is 13.1. The summed E-state index contributed by atoms with van der Waals surface area (Å²) in [5.41, 5.74) is 0.622. The fraction of sp³-hybridized carbons (Fsp3) is 0.696. The molecule has 0 spiro atoms. The Labute approximate surface area is 198 Å². The van der Waals surface area contributed by atoms with Crippen LogP contribution in [0, 0.1) is 5.41 Å². The molecule has 3 aliphatic rings. The molecule has 1 unspecified atom stereocenters. The molecule has 1 atom stereocenters. The number of hydrogen-bond acceptors (Lipinski definition) is 3. The molecule has 2 amide bonds. The first-order valence-corrected chi connectivity index (χ1v) is 12.1. The van der Waals surface area contributed by atoms with E-state index in [9.17, 15) is 13.6 Å². The lowest BCUT2D eigenvalue weighted by Gasteiger charge is -2.57. The van der Waals surface area contributed by atoms with Crippen molar-refractivity contribution in [1.82, 2.24) is 20.4 Å². The summed E-state index contributed by atoms with van der Waals surface area (Å²) in [6.45, 7) is 7.27. The molecule has 9 heteroatoms. The molecule has 2 N–H and O–H groups in total. The van der Waals surface area contributed by atoms with Gasteiger partial charge in [0.25, 0.3) is 5.92 Å². The maximum absolute atomic E-state index is 13.1. The molecule has 2 heterocycles. The highest BCUT2D eigenvalue weighted by Crippen LogP contribution is 2.55. The number of likely N-dealkylation sites (tertiary alicyclic amines) is 1. The number of halogens is 4. The van der Waals surface area contributed by atoms with Crippen molar-refractivity contribution >= 4 is 29.2 Å². The van der Waals surface area contributed by atoms with E-state index in [-0.39, 0.29) is 23.0 Å². The third-order valence-corrected chi connectivity index (χ3v) is 8.77. The third kappa shape index (κ3) is 4.33. The molecule has 3 fully saturated rings. The number of urea groups is 1. The Balaban J connectivity index is 1.52. The van der Waals surface area contributed by atoms with Crippen molar-refractivity contribution in [1.29, 1.82) is 0 Å². The lowest BCUT2D eigenvalue weighted by molar-refractivity contribution is -0.110. The van der Waals surface area contributed by atoms with Crippen LogP contribution in [-0.4, -0.2) is 67.1 Å². The zero-order chi connectivity index (χ0) is 23.1. The number of carbonyl (C=O) groups is 1. The second-order valence-electron chi connectivity index (χ2n) is 9.91. The van der Waals surface area contributed by atoms with E-state index in [1.807, 2.05) is 12.1 Å². The Bertz CT molecular complexity index is 848. The zero-order valence-corrected chi connectivity index (χ0v) is 20.2. The van der Waals surface area contributed by atoms with Crippen LogP contribution >= 0.6 is 23.2 Å². The summed E-state index contributed by atoms with van der Waals surface area (Å²) >= 11 is 13.2. The number of amides is 2. The number of rotatable bonds is 4. The first-order valence-electron chi connectivity index (χ1n) is 11.4. The maximum Gasteiger partial charge on any atom is 0.318 e. The van der Waals surface area contributed by atoms with Gasteiger partial charge in [-0.1, -0.05) is 42.3 Å². The molecule has 32 heavy (non-hydrogen) atoms. The summed E-state index contributed by atoms with van der Waals surface area (Å²) in [5.74, 6) is -2.75. The summed E-state index contributed by atoms with van der Waals surface area (Å²) in [6.07, 6.45) is 3.37. The molecule has 0 aromatic heterocycles. The van der Waals surface area contributed by atoms with Gasteiger partial charge in [0.15, 0.2) is 0 Å². The lowest BCUT2D eigenvalue weighted by Crippen LogP contribution is -2.63. The standard InChI is InChI=1S/C23H32Cl2F2N4O/c1-21(8-6-16(7-9-21)29-20(32)30-14-23(26,27)15-30)22(2,31-12-10-28-11-13-31)17-4-3-5-18(24)19(17)25/h3-5,16,28H,6-15H2,1-2H3,(H,29,32). The fourth-order valence-corrected chi connectivity index (χ4v) is 6.16. The number of carbonyl (C=O) groups excluding carboxylic acids is 1. The van der Waals surface area contributed by atoms with Crippen molar-refractivity contribution in [3.05, 3.63) is 33.8 Å². The van der Waals surface area contributed by atoms with E-state index in [0.717, 1.165) is 57.4 Å². The topological polar surface area (TPSA) is 47.6 Å². The number of piperazine rings is 1. The highest BCUT2D eigenvalue weighted by Gasteiger charge is 2.52. The second kappa shape index (κ2) is 8.90. The highest BCUT2D eigenvalue weighted by molar-refractivity contribution is 6.42. The quantitative estimate of drug-likeness (QED) is 0.644. The predicted molar refractivity (Wildman–Crippen MR) is 124 cm³/mol. The van der Waals surface area contributed by atoms with Gasteiger partial charge in [0.1, 0.15) is 0 Å². The number of alkyl halides is 2. The van der Waals surface area contributed by atoms with Gasteiger partial charge in [0.2, 0.25) is 0 Å². The van der Waals surface area contributed by atoms with E-state index in [4.69, 9.17) is 23.2 Å². The van der Waals surface area contributed by atoms with Crippen molar-refractivity contribution in [2.75, 3.05) is 39.3 Å². The van der Waals surface area contributed by atoms with Crippen LogP contribution < -0.4 is 10.6 Å². The SMILES string of the molecule is CC1(C(C)(c2cccc(Cl)c2Cl)N2CCNCC2)CCC(NC(=O)N2CC(F)(F)C2)CC1. The minimum Gasteiger partial charge on any atom is -0.335 e. The van der Waals surface area contributed by atoms with E-state index in [0.29, 0.717) is 10.0 Å².